The first-order valence-electron chi connectivity index (χ1n) is 8.07. The molecule has 0 aliphatic carbocycles. The number of ether oxygens (including phenoxy) is 2. The molecule has 0 saturated carbocycles. The highest BCUT2D eigenvalue weighted by Crippen LogP contribution is 2.30. The molecule has 0 amide bonds. The van der Waals surface area contributed by atoms with Crippen LogP contribution in [0.4, 0.5) is 0 Å². The Morgan fingerprint density at radius 1 is 1.00 bits per heavy atom. The van der Waals surface area contributed by atoms with Crippen LogP contribution in [0, 0.1) is 6.92 Å². The molecule has 124 valence electrons. The van der Waals surface area contributed by atoms with Gasteiger partial charge in [-0.1, -0.05) is 35.9 Å². The second kappa shape index (κ2) is 8.02. The molecule has 0 aliphatic rings. The number of hydrogen-bond donors (Lipinski definition) is 1. The summed E-state index contributed by atoms with van der Waals surface area (Å²) in [7, 11) is 1.64. The van der Waals surface area contributed by atoms with Crippen molar-refractivity contribution >= 4 is 0 Å². The summed E-state index contributed by atoms with van der Waals surface area (Å²) in [4.78, 5) is 0. The first-order valence-corrected chi connectivity index (χ1v) is 8.07. The van der Waals surface area contributed by atoms with Crippen LogP contribution in [-0.2, 0) is 6.42 Å². The van der Waals surface area contributed by atoms with Crippen molar-refractivity contribution in [3.63, 3.8) is 0 Å². The average molecular weight is 314 g/mol. The molecule has 0 aromatic heterocycles. The fourth-order valence-electron chi connectivity index (χ4n) is 2.48. The molecule has 0 saturated heterocycles. The third kappa shape index (κ3) is 5.00. The molecule has 0 spiro atoms. The number of methoxy groups -OCH3 is 1. The van der Waals surface area contributed by atoms with Crippen molar-refractivity contribution in [3.8, 4) is 11.5 Å². The lowest BCUT2D eigenvalue weighted by Crippen LogP contribution is -2.07. The third-order valence-electron chi connectivity index (χ3n) is 3.76. The predicted molar refractivity (Wildman–Crippen MR) is 93.2 cm³/mol. The van der Waals surface area contributed by atoms with Crippen molar-refractivity contribution in [1.82, 2.24) is 0 Å². The van der Waals surface area contributed by atoms with Crippen molar-refractivity contribution in [1.29, 1.82) is 0 Å². The fourth-order valence-corrected chi connectivity index (χ4v) is 2.48. The minimum absolute atomic E-state index is 0.0947. The molecule has 0 aliphatic heterocycles. The zero-order valence-electron chi connectivity index (χ0n) is 14.4. The van der Waals surface area contributed by atoms with Gasteiger partial charge in [0, 0.05) is 0 Å². The van der Waals surface area contributed by atoms with E-state index in [0.29, 0.717) is 6.42 Å². The lowest BCUT2D eigenvalue weighted by Gasteiger charge is -2.16. The van der Waals surface area contributed by atoms with Crippen LogP contribution >= 0.6 is 0 Å². The van der Waals surface area contributed by atoms with Crippen molar-refractivity contribution in [2.45, 2.75) is 45.8 Å². The van der Waals surface area contributed by atoms with E-state index in [9.17, 15) is 5.11 Å². The third-order valence-corrected chi connectivity index (χ3v) is 3.76. The van der Waals surface area contributed by atoms with Gasteiger partial charge in [-0.25, -0.2) is 0 Å². The molecule has 0 fully saturated rings. The normalized spacial score (nSPS) is 12.3. The van der Waals surface area contributed by atoms with Gasteiger partial charge in [0.05, 0.1) is 19.3 Å². The Hall–Kier alpha value is -2.00. The maximum Gasteiger partial charge on any atom is 0.161 e. The van der Waals surface area contributed by atoms with E-state index in [1.165, 1.54) is 5.56 Å². The van der Waals surface area contributed by atoms with Crippen LogP contribution in [0.5, 0.6) is 11.5 Å². The Morgan fingerprint density at radius 3 is 2.30 bits per heavy atom. The Labute approximate surface area is 138 Å². The summed E-state index contributed by atoms with van der Waals surface area (Å²) in [6.45, 7) is 6.03. The summed E-state index contributed by atoms with van der Waals surface area (Å²) in [5.41, 5.74) is 3.29. The molecular weight excluding hydrogens is 288 g/mol. The van der Waals surface area contributed by atoms with Gasteiger partial charge in [-0.05, 0) is 56.9 Å². The van der Waals surface area contributed by atoms with E-state index in [-0.39, 0.29) is 6.10 Å². The highest BCUT2D eigenvalue weighted by Gasteiger charge is 2.11. The zero-order valence-corrected chi connectivity index (χ0v) is 14.4. The van der Waals surface area contributed by atoms with E-state index in [2.05, 4.69) is 0 Å². The predicted octanol–water partition coefficient (Wildman–Crippen LogP) is 4.46. The molecule has 0 radical (unpaired) electrons. The van der Waals surface area contributed by atoms with Crippen LogP contribution in [0.15, 0.2) is 42.5 Å². The van der Waals surface area contributed by atoms with Crippen molar-refractivity contribution in [2.75, 3.05) is 7.11 Å². The lowest BCUT2D eigenvalue weighted by atomic mass is 10.0. The van der Waals surface area contributed by atoms with Gasteiger partial charge in [0.25, 0.3) is 0 Å². The van der Waals surface area contributed by atoms with Crippen LogP contribution in [0.25, 0.3) is 0 Å². The minimum atomic E-state index is -0.452. The number of hydrogen-bond acceptors (Lipinski definition) is 3. The lowest BCUT2D eigenvalue weighted by molar-refractivity contribution is 0.167. The molecule has 3 nitrogen and oxygen atoms in total. The van der Waals surface area contributed by atoms with Gasteiger partial charge in [0.15, 0.2) is 11.5 Å². The maximum atomic E-state index is 10.3. The summed E-state index contributed by atoms with van der Waals surface area (Å²) in [5, 5.41) is 10.3. The standard InChI is InChI=1S/C20H26O3/c1-14(2)23-20-13-16(8-12-19(20)22-4)7-11-18(21)17-9-5-15(3)6-10-17/h5-6,8-10,12-14,18,21H,7,11H2,1-4H3. The molecule has 1 unspecified atom stereocenters. The van der Waals surface area contributed by atoms with Crippen LogP contribution in [-0.4, -0.2) is 18.3 Å². The monoisotopic (exact) mass is 314 g/mol. The van der Waals surface area contributed by atoms with Gasteiger partial charge in [-0.2, -0.15) is 0 Å². The summed E-state index contributed by atoms with van der Waals surface area (Å²) in [6.07, 6.45) is 1.11. The topological polar surface area (TPSA) is 38.7 Å². The molecule has 3 heteroatoms. The first kappa shape index (κ1) is 17.4. The van der Waals surface area contributed by atoms with Crippen LogP contribution < -0.4 is 9.47 Å². The number of rotatable bonds is 7. The molecule has 0 heterocycles. The molecule has 1 atom stereocenters. The van der Waals surface area contributed by atoms with E-state index >= 15 is 0 Å². The van der Waals surface area contributed by atoms with E-state index in [0.717, 1.165) is 29.0 Å². The van der Waals surface area contributed by atoms with E-state index in [4.69, 9.17) is 9.47 Å². The van der Waals surface area contributed by atoms with Gasteiger partial charge in [0.1, 0.15) is 0 Å². The summed E-state index contributed by atoms with van der Waals surface area (Å²) >= 11 is 0. The van der Waals surface area contributed by atoms with E-state index in [1.807, 2.05) is 63.2 Å². The Balaban J connectivity index is 2.03. The van der Waals surface area contributed by atoms with Gasteiger partial charge >= 0.3 is 0 Å². The fraction of sp³-hybridized carbons (Fsp3) is 0.400. The SMILES string of the molecule is COc1ccc(CCC(O)c2ccc(C)cc2)cc1OC(C)C. The van der Waals surface area contributed by atoms with Gasteiger partial charge in [-0.15, -0.1) is 0 Å². The van der Waals surface area contributed by atoms with Gasteiger partial charge < -0.3 is 14.6 Å². The Kier molecular flexibility index (Phi) is 6.05. The smallest absolute Gasteiger partial charge is 0.161 e. The van der Waals surface area contributed by atoms with Crippen LogP contribution in [0.3, 0.4) is 0 Å². The molecule has 23 heavy (non-hydrogen) atoms. The van der Waals surface area contributed by atoms with Crippen molar-refractivity contribution < 1.29 is 14.6 Å². The van der Waals surface area contributed by atoms with E-state index in [1.54, 1.807) is 7.11 Å². The van der Waals surface area contributed by atoms with Gasteiger partial charge in [-0.3, -0.25) is 0 Å². The largest absolute Gasteiger partial charge is 0.493 e. The average Bonchev–Trinajstić information content (AvgIpc) is 2.53. The molecule has 1 N–H and O–H groups in total. The number of aliphatic hydroxyl groups excluding tert-OH is 1. The first-order chi connectivity index (χ1) is 11.0. The molecule has 0 bridgehead atoms. The van der Waals surface area contributed by atoms with Crippen LogP contribution in [0.2, 0.25) is 0 Å². The number of aryl methyl sites for hydroxylation is 2. The second-order valence-corrected chi connectivity index (χ2v) is 6.12. The molecule has 2 aromatic rings. The summed E-state index contributed by atoms with van der Waals surface area (Å²) in [5.74, 6) is 1.49. The molecule has 2 aromatic carbocycles. The zero-order chi connectivity index (χ0) is 16.8. The highest BCUT2D eigenvalue weighted by atomic mass is 16.5. The van der Waals surface area contributed by atoms with Crippen molar-refractivity contribution in [3.05, 3.63) is 59.2 Å². The number of benzene rings is 2. The summed E-state index contributed by atoms with van der Waals surface area (Å²) in [6, 6.07) is 14.0. The molecular formula is C20H26O3. The number of aliphatic hydroxyl groups is 1. The quantitative estimate of drug-likeness (QED) is 0.820. The van der Waals surface area contributed by atoms with Crippen LogP contribution in [0.1, 0.15) is 43.1 Å². The molecule has 2 rings (SSSR count). The second-order valence-electron chi connectivity index (χ2n) is 6.12. The van der Waals surface area contributed by atoms with Gasteiger partial charge in [0.2, 0.25) is 0 Å². The Bertz CT molecular complexity index is 617. The van der Waals surface area contributed by atoms with Crippen molar-refractivity contribution in [2.24, 2.45) is 0 Å². The highest BCUT2D eigenvalue weighted by molar-refractivity contribution is 5.43. The maximum absolute atomic E-state index is 10.3. The van der Waals surface area contributed by atoms with E-state index < -0.39 is 6.10 Å². The minimum Gasteiger partial charge on any atom is -0.493 e. The summed E-state index contributed by atoms with van der Waals surface area (Å²) < 4.78 is 11.1. The Morgan fingerprint density at radius 2 is 1.70 bits per heavy atom.